The Bertz CT molecular complexity index is 260. The summed E-state index contributed by atoms with van der Waals surface area (Å²) < 4.78 is 0. The minimum Gasteiger partial charge on any atom is -0.395 e. The minimum absolute atomic E-state index is 0.272. The number of nitrogens with one attached hydrogen (secondary N) is 1. The van der Waals surface area contributed by atoms with Crippen molar-refractivity contribution < 1.29 is 5.11 Å². The van der Waals surface area contributed by atoms with E-state index in [2.05, 4.69) is 15.1 Å². The van der Waals surface area contributed by atoms with Crippen LogP contribution >= 0.6 is 0 Å². The summed E-state index contributed by atoms with van der Waals surface area (Å²) in [5.41, 5.74) is 1.13. The molecular formula is C10H17N3O. The molecule has 0 aromatic carbocycles. The Morgan fingerprint density at radius 3 is 3.21 bits per heavy atom. The van der Waals surface area contributed by atoms with Crippen molar-refractivity contribution in [2.45, 2.75) is 31.8 Å². The third-order valence-corrected chi connectivity index (χ3v) is 2.89. The molecule has 4 nitrogen and oxygen atoms in total. The van der Waals surface area contributed by atoms with Gasteiger partial charge < -0.3 is 5.11 Å². The van der Waals surface area contributed by atoms with Crippen LogP contribution in [0.4, 0.5) is 0 Å². The molecule has 0 radical (unpaired) electrons. The lowest BCUT2D eigenvalue weighted by molar-refractivity contribution is 0.0831. The van der Waals surface area contributed by atoms with E-state index in [-0.39, 0.29) is 6.61 Å². The maximum atomic E-state index is 9.22. The molecule has 14 heavy (non-hydrogen) atoms. The number of aromatic amines is 1. The zero-order chi connectivity index (χ0) is 9.80. The van der Waals surface area contributed by atoms with Crippen molar-refractivity contribution in [3.8, 4) is 0 Å². The number of hydrogen-bond donors (Lipinski definition) is 2. The molecule has 0 aliphatic carbocycles. The van der Waals surface area contributed by atoms with E-state index in [1.54, 1.807) is 6.20 Å². The van der Waals surface area contributed by atoms with Crippen LogP contribution in [0.3, 0.4) is 0 Å². The van der Waals surface area contributed by atoms with E-state index in [0.717, 1.165) is 25.2 Å². The number of H-pyrrole nitrogens is 1. The van der Waals surface area contributed by atoms with Crippen LogP contribution in [0.5, 0.6) is 0 Å². The third kappa shape index (κ3) is 2.13. The average molecular weight is 195 g/mol. The molecule has 1 unspecified atom stereocenters. The molecule has 1 atom stereocenters. The topological polar surface area (TPSA) is 52.1 Å². The molecule has 2 rings (SSSR count). The fraction of sp³-hybridized carbons (Fsp3) is 0.700. The average Bonchev–Trinajstić information content (AvgIpc) is 2.71. The lowest BCUT2D eigenvalue weighted by Gasteiger charge is -2.34. The van der Waals surface area contributed by atoms with Gasteiger partial charge in [0.25, 0.3) is 0 Å². The van der Waals surface area contributed by atoms with Crippen molar-refractivity contribution in [1.29, 1.82) is 0 Å². The van der Waals surface area contributed by atoms with Gasteiger partial charge in [0.15, 0.2) is 0 Å². The summed E-state index contributed by atoms with van der Waals surface area (Å²) in [6, 6.07) is 2.33. The van der Waals surface area contributed by atoms with E-state index in [1.165, 1.54) is 12.8 Å². The first-order valence-corrected chi connectivity index (χ1v) is 5.23. The highest BCUT2D eigenvalue weighted by atomic mass is 16.3. The zero-order valence-electron chi connectivity index (χ0n) is 8.32. The summed E-state index contributed by atoms with van der Waals surface area (Å²) in [6.45, 7) is 2.24. The van der Waals surface area contributed by atoms with Crippen molar-refractivity contribution in [2.75, 3.05) is 13.2 Å². The summed E-state index contributed by atoms with van der Waals surface area (Å²) in [5.74, 6) is 0. The van der Waals surface area contributed by atoms with Crippen molar-refractivity contribution in [3.05, 3.63) is 18.0 Å². The lowest BCUT2D eigenvalue weighted by Crippen LogP contribution is -2.41. The maximum Gasteiger partial charge on any atom is 0.0587 e. The van der Waals surface area contributed by atoms with E-state index >= 15 is 0 Å². The van der Waals surface area contributed by atoms with Gasteiger partial charge in [-0.2, -0.15) is 5.10 Å². The van der Waals surface area contributed by atoms with Crippen LogP contribution in [0, 0.1) is 0 Å². The number of piperidine rings is 1. The van der Waals surface area contributed by atoms with Crippen LogP contribution in [-0.2, 0) is 6.54 Å². The van der Waals surface area contributed by atoms with Crippen LogP contribution < -0.4 is 0 Å². The molecule has 0 amide bonds. The molecule has 0 bridgehead atoms. The maximum absolute atomic E-state index is 9.22. The number of aromatic nitrogens is 2. The molecule has 2 heterocycles. The van der Waals surface area contributed by atoms with Crippen LogP contribution in [0.1, 0.15) is 25.0 Å². The molecule has 2 N–H and O–H groups in total. The van der Waals surface area contributed by atoms with E-state index in [4.69, 9.17) is 0 Å². The molecule has 1 aromatic heterocycles. The van der Waals surface area contributed by atoms with Gasteiger partial charge in [0.05, 0.1) is 6.61 Å². The molecule has 1 aliphatic rings. The number of hydrogen-bond acceptors (Lipinski definition) is 3. The Hall–Kier alpha value is -0.870. The monoisotopic (exact) mass is 195 g/mol. The molecule has 1 aromatic rings. The summed E-state index contributed by atoms with van der Waals surface area (Å²) in [6.07, 6.45) is 5.37. The van der Waals surface area contributed by atoms with Crippen LogP contribution in [0.25, 0.3) is 0 Å². The van der Waals surface area contributed by atoms with E-state index in [1.807, 2.05) is 6.07 Å². The number of likely N-dealkylation sites (tertiary alicyclic amines) is 1. The SMILES string of the molecule is OCC1CCCCN1Cc1ccn[nH]1. The van der Waals surface area contributed by atoms with Gasteiger partial charge in [-0.1, -0.05) is 6.42 Å². The van der Waals surface area contributed by atoms with E-state index in [0.29, 0.717) is 6.04 Å². The Labute approximate surface area is 83.9 Å². The van der Waals surface area contributed by atoms with Crippen LogP contribution in [0.15, 0.2) is 12.3 Å². The summed E-state index contributed by atoms with van der Waals surface area (Å²) in [7, 11) is 0. The van der Waals surface area contributed by atoms with Gasteiger partial charge in [0, 0.05) is 24.5 Å². The molecule has 4 heteroatoms. The fourth-order valence-corrected chi connectivity index (χ4v) is 2.07. The number of aliphatic hydroxyl groups is 1. The summed E-state index contributed by atoms with van der Waals surface area (Å²) >= 11 is 0. The van der Waals surface area contributed by atoms with Crippen LogP contribution in [0.2, 0.25) is 0 Å². The number of nitrogens with zero attached hydrogens (tertiary/aromatic N) is 2. The predicted octanol–water partition coefficient (Wildman–Crippen LogP) is 0.756. The molecular weight excluding hydrogens is 178 g/mol. The summed E-state index contributed by atoms with van der Waals surface area (Å²) in [5, 5.41) is 16.1. The smallest absolute Gasteiger partial charge is 0.0587 e. The predicted molar refractivity (Wildman–Crippen MR) is 53.7 cm³/mol. The fourth-order valence-electron chi connectivity index (χ4n) is 2.07. The Morgan fingerprint density at radius 1 is 1.57 bits per heavy atom. The Morgan fingerprint density at radius 2 is 2.50 bits per heavy atom. The Kier molecular flexibility index (Phi) is 3.16. The van der Waals surface area contributed by atoms with E-state index < -0.39 is 0 Å². The first-order valence-electron chi connectivity index (χ1n) is 5.23. The van der Waals surface area contributed by atoms with Crippen LogP contribution in [-0.4, -0.2) is 39.4 Å². The highest BCUT2D eigenvalue weighted by Gasteiger charge is 2.21. The summed E-state index contributed by atoms with van der Waals surface area (Å²) in [4.78, 5) is 2.33. The second-order valence-corrected chi connectivity index (χ2v) is 3.88. The largest absolute Gasteiger partial charge is 0.395 e. The van der Waals surface area contributed by atoms with E-state index in [9.17, 15) is 5.11 Å². The molecule has 1 fully saturated rings. The minimum atomic E-state index is 0.272. The molecule has 0 spiro atoms. The standard InChI is InChI=1S/C10H17N3O/c14-8-10-3-1-2-6-13(10)7-9-4-5-11-12-9/h4-5,10,14H,1-3,6-8H2,(H,11,12). The molecule has 0 saturated carbocycles. The van der Waals surface area contributed by atoms with Gasteiger partial charge in [0.2, 0.25) is 0 Å². The van der Waals surface area contributed by atoms with Gasteiger partial charge in [-0.25, -0.2) is 0 Å². The van der Waals surface area contributed by atoms with Gasteiger partial charge in [-0.15, -0.1) is 0 Å². The van der Waals surface area contributed by atoms with Crippen molar-refractivity contribution in [3.63, 3.8) is 0 Å². The van der Waals surface area contributed by atoms with Crippen molar-refractivity contribution in [1.82, 2.24) is 15.1 Å². The second-order valence-electron chi connectivity index (χ2n) is 3.88. The quantitative estimate of drug-likeness (QED) is 0.748. The highest BCUT2D eigenvalue weighted by molar-refractivity contribution is 4.98. The lowest BCUT2D eigenvalue weighted by atomic mass is 10.0. The Balaban J connectivity index is 1.94. The number of rotatable bonds is 3. The van der Waals surface area contributed by atoms with Gasteiger partial charge in [-0.05, 0) is 25.5 Å². The molecule has 1 aliphatic heterocycles. The second kappa shape index (κ2) is 4.57. The first-order chi connectivity index (χ1) is 6.90. The number of aliphatic hydroxyl groups excluding tert-OH is 1. The van der Waals surface area contributed by atoms with Crippen molar-refractivity contribution in [2.24, 2.45) is 0 Å². The highest BCUT2D eigenvalue weighted by Crippen LogP contribution is 2.18. The first kappa shape index (κ1) is 9.68. The zero-order valence-corrected chi connectivity index (χ0v) is 8.32. The van der Waals surface area contributed by atoms with Crippen molar-refractivity contribution >= 4 is 0 Å². The van der Waals surface area contributed by atoms with Gasteiger partial charge in [-0.3, -0.25) is 10.00 Å². The van der Waals surface area contributed by atoms with Gasteiger partial charge in [0.1, 0.15) is 0 Å². The molecule has 1 saturated heterocycles. The molecule has 78 valence electrons. The third-order valence-electron chi connectivity index (χ3n) is 2.89. The normalized spacial score (nSPS) is 23.9. The van der Waals surface area contributed by atoms with Gasteiger partial charge >= 0.3 is 0 Å².